The Balaban J connectivity index is 2.31. The maximum atomic E-state index is 5.94. The van der Waals surface area contributed by atoms with Gasteiger partial charge in [0, 0.05) is 5.92 Å². The van der Waals surface area contributed by atoms with E-state index in [1.807, 2.05) is 18.2 Å². The zero-order valence-corrected chi connectivity index (χ0v) is 9.85. The van der Waals surface area contributed by atoms with Crippen molar-refractivity contribution in [2.75, 3.05) is 0 Å². The zero-order valence-electron chi connectivity index (χ0n) is 7.50. The number of benzene rings is 1. The lowest BCUT2D eigenvalue weighted by Crippen LogP contribution is -2.13. The Bertz CT molecular complexity index is 386. The van der Waals surface area contributed by atoms with E-state index in [0.717, 1.165) is 23.0 Å². The van der Waals surface area contributed by atoms with Crippen LogP contribution in [0.25, 0.3) is 0 Å². The third-order valence-corrected chi connectivity index (χ3v) is 3.55. The molecule has 0 saturated heterocycles. The van der Waals surface area contributed by atoms with Crippen LogP contribution in [0.2, 0.25) is 5.02 Å². The number of rotatable bonds is 2. The summed E-state index contributed by atoms with van der Waals surface area (Å²) in [7, 11) is 0. The lowest BCUT2D eigenvalue weighted by molar-refractivity contribution is 1.15. The van der Waals surface area contributed by atoms with Crippen LogP contribution in [-0.4, -0.2) is 5.84 Å². The number of amidine groups is 1. The molecule has 2 rings (SSSR count). The Labute approximate surface area is 96.3 Å². The van der Waals surface area contributed by atoms with Crippen LogP contribution in [-0.2, 0) is 0 Å². The van der Waals surface area contributed by atoms with Gasteiger partial charge in [-0.3, -0.25) is 0 Å². The summed E-state index contributed by atoms with van der Waals surface area (Å²) >= 11 is 9.32. The van der Waals surface area contributed by atoms with E-state index in [4.69, 9.17) is 17.3 Å². The third kappa shape index (κ3) is 2.10. The summed E-state index contributed by atoms with van der Waals surface area (Å²) < 4.78 is 0.810. The van der Waals surface area contributed by atoms with E-state index in [1.165, 1.54) is 0 Å². The molecule has 74 valence electrons. The van der Waals surface area contributed by atoms with E-state index in [2.05, 4.69) is 20.9 Å². The van der Waals surface area contributed by atoms with Gasteiger partial charge in [0.15, 0.2) is 0 Å². The van der Waals surface area contributed by atoms with E-state index >= 15 is 0 Å². The first kappa shape index (κ1) is 9.99. The number of nitrogens with zero attached hydrogens (tertiary/aromatic N) is 1. The average molecular weight is 274 g/mol. The fourth-order valence-corrected chi connectivity index (χ4v) is 1.71. The molecule has 0 unspecified atom stereocenters. The van der Waals surface area contributed by atoms with Crippen molar-refractivity contribution in [1.82, 2.24) is 0 Å². The second kappa shape index (κ2) is 3.91. The molecule has 2 nitrogen and oxygen atoms in total. The molecule has 0 bridgehead atoms. The van der Waals surface area contributed by atoms with Gasteiger partial charge in [0.1, 0.15) is 5.84 Å². The highest BCUT2D eigenvalue weighted by Gasteiger charge is 2.25. The minimum absolute atomic E-state index is 0.487. The number of hydrogen-bond donors (Lipinski definition) is 1. The Kier molecular flexibility index (Phi) is 2.79. The molecular weight excluding hydrogens is 263 g/mol. The summed E-state index contributed by atoms with van der Waals surface area (Å²) in [4.78, 5) is 4.34. The summed E-state index contributed by atoms with van der Waals surface area (Å²) in [6.45, 7) is 0. The molecule has 1 aromatic rings. The van der Waals surface area contributed by atoms with Crippen molar-refractivity contribution >= 4 is 39.1 Å². The minimum atomic E-state index is 0.487. The Morgan fingerprint density at radius 2 is 2.21 bits per heavy atom. The van der Waals surface area contributed by atoms with Crippen LogP contribution in [0.3, 0.4) is 0 Å². The quantitative estimate of drug-likeness (QED) is 0.650. The van der Waals surface area contributed by atoms with E-state index in [1.54, 1.807) is 0 Å². The summed E-state index contributed by atoms with van der Waals surface area (Å²) in [5.41, 5.74) is 6.62. The van der Waals surface area contributed by atoms with Crippen LogP contribution < -0.4 is 5.73 Å². The second-order valence-corrected chi connectivity index (χ2v) is 4.58. The molecule has 1 fully saturated rings. The van der Waals surface area contributed by atoms with E-state index < -0.39 is 0 Å². The average Bonchev–Trinajstić information content (AvgIpc) is 2.95. The minimum Gasteiger partial charge on any atom is -0.387 e. The normalized spacial score (nSPS) is 17.1. The monoisotopic (exact) mass is 272 g/mol. The molecule has 0 radical (unpaired) electrons. The highest BCUT2D eigenvalue weighted by molar-refractivity contribution is 9.10. The first-order valence-corrected chi connectivity index (χ1v) is 5.63. The first-order chi connectivity index (χ1) is 6.68. The van der Waals surface area contributed by atoms with Crippen molar-refractivity contribution < 1.29 is 0 Å². The maximum Gasteiger partial charge on any atom is 0.103 e. The van der Waals surface area contributed by atoms with Crippen LogP contribution >= 0.6 is 27.5 Å². The van der Waals surface area contributed by atoms with Gasteiger partial charge in [0.25, 0.3) is 0 Å². The Morgan fingerprint density at radius 3 is 2.86 bits per heavy atom. The SMILES string of the molecule is NC(=Nc1cccc(Cl)c1Br)C1CC1. The molecule has 2 N–H and O–H groups in total. The largest absolute Gasteiger partial charge is 0.387 e. The lowest BCUT2D eigenvalue weighted by atomic mass is 10.3. The van der Waals surface area contributed by atoms with Crippen LogP contribution in [0.1, 0.15) is 12.8 Å². The summed E-state index contributed by atoms with van der Waals surface area (Å²) in [6, 6.07) is 5.58. The Hall–Kier alpha value is -0.540. The highest BCUT2D eigenvalue weighted by Crippen LogP contribution is 2.35. The molecule has 1 aliphatic rings. The number of halogens is 2. The van der Waals surface area contributed by atoms with Gasteiger partial charge in [-0.1, -0.05) is 17.7 Å². The number of hydrogen-bond acceptors (Lipinski definition) is 1. The molecule has 14 heavy (non-hydrogen) atoms. The molecule has 0 aromatic heterocycles. The molecule has 0 aliphatic heterocycles. The lowest BCUT2D eigenvalue weighted by Gasteiger charge is -2.02. The van der Waals surface area contributed by atoms with E-state index in [0.29, 0.717) is 16.8 Å². The predicted molar refractivity (Wildman–Crippen MR) is 63.2 cm³/mol. The molecule has 1 aromatic carbocycles. The Morgan fingerprint density at radius 1 is 1.50 bits per heavy atom. The summed E-state index contributed by atoms with van der Waals surface area (Å²) in [6.07, 6.45) is 2.32. The molecule has 0 heterocycles. The molecular formula is C10H10BrClN2. The fourth-order valence-electron chi connectivity index (χ4n) is 1.19. The van der Waals surface area contributed by atoms with Gasteiger partial charge >= 0.3 is 0 Å². The summed E-state index contributed by atoms with van der Waals surface area (Å²) in [5, 5.41) is 0.662. The standard InChI is InChI=1S/C10H10BrClN2/c11-9-7(12)2-1-3-8(9)14-10(13)6-4-5-6/h1-3,6H,4-5H2,(H2,13,14). The predicted octanol–water partition coefficient (Wildman–Crippen LogP) is 3.50. The molecule has 4 heteroatoms. The van der Waals surface area contributed by atoms with Crippen LogP contribution in [0.5, 0.6) is 0 Å². The van der Waals surface area contributed by atoms with Gasteiger partial charge in [-0.15, -0.1) is 0 Å². The smallest absolute Gasteiger partial charge is 0.103 e. The zero-order chi connectivity index (χ0) is 10.1. The van der Waals surface area contributed by atoms with Crippen LogP contribution in [0, 0.1) is 5.92 Å². The second-order valence-electron chi connectivity index (χ2n) is 3.38. The highest BCUT2D eigenvalue weighted by atomic mass is 79.9. The first-order valence-electron chi connectivity index (χ1n) is 4.46. The third-order valence-electron chi connectivity index (χ3n) is 2.18. The fraction of sp³-hybridized carbons (Fsp3) is 0.300. The number of aliphatic imine (C=N–C) groups is 1. The van der Waals surface area contributed by atoms with Crippen molar-refractivity contribution in [3.05, 3.63) is 27.7 Å². The van der Waals surface area contributed by atoms with Gasteiger partial charge in [-0.2, -0.15) is 0 Å². The maximum absolute atomic E-state index is 5.94. The molecule has 1 saturated carbocycles. The van der Waals surface area contributed by atoms with Crippen molar-refractivity contribution in [3.63, 3.8) is 0 Å². The van der Waals surface area contributed by atoms with E-state index in [-0.39, 0.29) is 0 Å². The van der Waals surface area contributed by atoms with Crippen LogP contribution in [0.15, 0.2) is 27.7 Å². The van der Waals surface area contributed by atoms with Gasteiger partial charge in [-0.05, 0) is 40.9 Å². The number of nitrogens with two attached hydrogens (primary N) is 1. The van der Waals surface area contributed by atoms with Gasteiger partial charge < -0.3 is 5.73 Å². The molecule has 0 spiro atoms. The summed E-state index contributed by atoms with van der Waals surface area (Å²) in [5.74, 6) is 1.20. The van der Waals surface area contributed by atoms with Crippen molar-refractivity contribution in [3.8, 4) is 0 Å². The van der Waals surface area contributed by atoms with Gasteiger partial charge in [0.05, 0.1) is 15.2 Å². The van der Waals surface area contributed by atoms with E-state index in [9.17, 15) is 0 Å². The van der Waals surface area contributed by atoms with Crippen molar-refractivity contribution in [1.29, 1.82) is 0 Å². The van der Waals surface area contributed by atoms with Gasteiger partial charge in [-0.25, -0.2) is 4.99 Å². The molecule has 1 aliphatic carbocycles. The van der Waals surface area contributed by atoms with Crippen LogP contribution in [0.4, 0.5) is 5.69 Å². The molecule has 0 atom stereocenters. The topological polar surface area (TPSA) is 38.4 Å². The molecule has 0 amide bonds. The van der Waals surface area contributed by atoms with Gasteiger partial charge in [0.2, 0.25) is 0 Å². The van der Waals surface area contributed by atoms with Crippen molar-refractivity contribution in [2.24, 2.45) is 16.6 Å². The van der Waals surface area contributed by atoms with Crippen molar-refractivity contribution in [2.45, 2.75) is 12.8 Å².